The molecule has 0 saturated carbocycles. The maximum Gasteiger partial charge on any atom is 0.295 e. The molecule has 1 aliphatic heterocycles. The fourth-order valence-electron chi connectivity index (χ4n) is 4.81. The minimum absolute atomic E-state index is 0.0787. The number of ketones is 1. The number of aliphatic hydroxyl groups is 1. The number of ether oxygens (including phenoxy) is 2. The molecule has 1 saturated heterocycles. The number of aryl methyl sites for hydroxylation is 1. The topological polar surface area (TPSA) is 93.9 Å². The molecule has 8 nitrogen and oxygen atoms in total. The maximum atomic E-state index is 13.4. The van der Waals surface area contributed by atoms with Crippen molar-refractivity contribution in [2.24, 2.45) is 0 Å². The smallest absolute Gasteiger partial charge is 0.295 e. The van der Waals surface area contributed by atoms with Gasteiger partial charge in [-0.3, -0.25) is 9.59 Å². The summed E-state index contributed by atoms with van der Waals surface area (Å²) in [4.78, 5) is 32.3. The molecule has 1 unspecified atom stereocenters. The second-order valence-corrected chi connectivity index (χ2v) is 10.0. The Kier molecular flexibility index (Phi) is 10.4. The van der Waals surface area contributed by atoms with Crippen molar-refractivity contribution in [3.63, 3.8) is 0 Å². The van der Waals surface area contributed by atoms with Crippen molar-refractivity contribution >= 4 is 17.4 Å². The Morgan fingerprint density at radius 3 is 2.38 bits per heavy atom. The van der Waals surface area contributed by atoms with Gasteiger partial charge in [0.25, 0.3) is 11.7 Å². The number of carbonyl (C=O) groups excluding carboxylic acids is 2. The zero-order valence-corrected chi connectivity index (χ0v) is 23.4. The van der Waals surface area contributed by atoms with E-state index in [9.17, 15) is 14.7 Å². The van der Waals surface area contributed by atoms with Gasteiger partial charge in [0.1, 0.15) is 17.3 Å². The molecule has 2 aromatic carbocycles. The Labute approximate surface area is 236 Å². The van der Waals surface area contributed by atoms with Crippen molar-refractivity contribution in [2.75, 3.05) is 19.8 Å². The van der Waals surface area contributed by atoms with Gasteiger partial charge in [0.05, 0.1) is 31.2 Å². The molecule has 2 heterocycles. The average molecular weight is 546 g/mol. The second-order valence-electron chi connectivity index (χ2n) is 10.0. The second kappa shape index (κ2) is 14.4. The number of carbonyl (C=O) groups is 2. The van der Waals surface area contributed by atoms with Gasteiger partial charge >= 0.3 is 0 Å². The van der Waals surface area contributed by atoms with E-state index in [2.05, 4.69) is 18.8 Å². The molecule has 3 aromatic rings. The highest BCUT2D eigenvalue weighted by molar-refractivity contribution is 6.46. The van der Waals surface area contributed by atoms with Crippen molar-refractivity contribution < 1.29 is 24.2 Å². The van der Waals surface area contributed by atoms with Crippen LogP contribution in [0.4, 0.5) is 0 Å². The predicted molar refractivity (Wildman–Crippen MR) is 154 cm³/mol. The third-order valence-electron chi connectivity index (χ3n) is 7.00. The van der Waals surface area contributed by atoms with Gasteiger partial charge in [-0.05, 0) is 49.1 Å². The fourth-order valence-corrected chi connectivity index (χ4v) is 4.81. The van der Waals surface area contributed by atoms with Crippen molar-refractivity contribution in [2.45, 2.75) is 65.0 Å². The monoisotopic (exact) mass is 545 g/mol. The largest absolute Gasteiger partial charge is 0.507 e. The van der Waals surface area contributed by atoms with Gasteiger partial charge in [-0.2, -0.15) is 0 Å². The molecular weight excluding hydrogens is 506 g/mol. The number of likely N-dealkylation sites (tertiary alicyclic amines) is 1. The summed E-state index contributed by atoms with van der Waals surface area (Å²) >= 11 is 0. The number of nitrogens with zero attached hydrogens (tertiary/aromatic N) is 3. The summed E-state index contributed by atoms with van der Waals surface area (Å²) in [6.07, 6.45) is 11.0. The number of amides is 1. The van der Waals surface area contributed by atoms with E-state index in [-0.39, 0.29) is 11.3 Å². The lowest BCUT2D eigenvalue weighted by Crippen LogP contribution is -2.31. The molecule has 40 heavy (non-hydrogen) atoms. The van der Waals surface area contributed by atoms with E-state index in [0.29, 0.717) is 44.0 Å². The molecule has 4 rings (SSSR count). The first kappa shape index (κ1) is 28.9. The molecule has 1 aromatic heterocycles. The quantitative estimate of drug-likeness (QED) is 0.107. The number of Topliss-reactive ketones (excluding diaryl/α,β-unsaturated/α-hetero) is 1. The SMILES string of the molecule is CCCCCOc1ccc(C2C(=C(O)c3cccc(OCCCC)c3)C(=O)C(=O)N2CCCn2ccnc2)cc1. The Morgan fingerprint density at radius 2 is 1.65 bits per heavy atom. The van der Waals surface area contributed by atoms with E-state index >= 15 is 0 Å². The normalized spacial score (nSPS) is 16.4. The fraction of sp³-hybridized carbons (Fsp3) is 0.406. The third-order valence-corrected chi connectivity index (χ3v) is 7.00. The molecule has 1 fully saturated rings. The van der Waals surface area contributed by atoms with Crippen LogP contribution in [0.25, 0.3) is 5.76 Å². The van der Waals surface area contributed by atoms with E-state index in [1.165, 1.54) is 0 Å². The number of aromatic nitrogens is 2. The van der Waals surface area contributed by atoms with Gasteiger partial charge in [-0.1, -0.05) is 57.4 Å². The van der Waals surface area contributed by atoms with Gasteiger partial charge < -0.3 is 24.0 Å². The van der Waals surface area contributed by atoms with E-state index in [4.69, 9.17) is 9.47 Å². The molecule has 8 heteroatoms. The highest BCUT2D eigenvalue weighted by atomic mass is 16.5. The van der Waals surface area contributed by atoms with Crippen LogP contribution in [0.3, 0.4) is 0 Å². The molecule has 1 aliphatic rings. The lowest BCUT2D eigenvalue weighted by atomic mass is 9.95. The van der Waals surface area contributed by atoms with Gasteiger partial charge in [0.15, 0.2) is 0 Å². The summed E-state index contributed by atoms with van der Waals surface area (Å²) in [6, 6.07) is 13.7. The summed E-state index contributed by atoms with van der Waals surface area (Å²) < 4.78 is 13.6. The number of hydrogen-bond acceptors (Lipinski definition) is 6. The van der Waals surface area contributed by atoms with Crippen molar-refractivity contribution in [1.29, 1.82) is 0 Å². The lowest BCUT2D eigenvalue weighted by molar-refractivity contribution is -0.139. The van der Waals surface area contributed by atoms with E-state index in [1.807, 2.05) is 41.1 Å². The van der Waals surface area contributed by atoms with Crippen LogP contribution in [0.15, 0.2) is 72.8 Å². The molecule has 212 valence electrons. The van der Waals surface area contributed by atoms with Crippen LogP contribution in [0.1, 0.15) is 69.5 Å². The van der Waals surface area contributed by atoms with Crippen LogP contribution >= 0.6 is 0 Å². The number of benzene rings is 2. The Balaban J connectivity index is 1.64. The van der Waals surface area contributed by atoms with Gasteiger partial charge in [0, 0.05) is 31.0 Å². The predicted octanol–water partition coefficient (Wildman–Crippen LogP) is 6.14. The van der Waals surface area contributed by atoms with Crippen LogP contribution in [0, 0.1) is 0 Å². The number of imidazole rings is 1. The standard InChI is InChI=1S/C32H39N3O5/c1-3-5-7-21-39-26-14-12-24(13-15-26)29-28(30(36)25-10-8-11-27(22-25)40-20-6-4-2)31(37)32(38)35(29)18-9-17-34-19-16-33-23-34/h8,10-16,19,22-23,29,36H,3-7,9,17-18,20-21H2,1-2H3. The Morgan fingerprint density at radius 1 is 0.900 bits per heavy atom. The number of rotatable bonds is 15. The third kappa shape index (κ3) is 7.11. The van der Waals surface area contributed by atoms with Crippen molar-refractivity contribution in [1.82, 2.24) is 14.5 Å². The molecule has 0 bridgehead atoms. The molecular formula is C32H39N3O5. The van der Waals surface area contributed by atoms with Crippen molar-refractivity contribution in [3.05, 3.63) is 84.0 Å². The first-order valence-electron chi connectivity index (χ1n) is 14.2. The van der Waals surface area contributed by atoms with E-state index < -0.39 is 17.7 Å². The van der Waals surface area contributed by atoms with Crippen LogP contribution in [0.5, 0.6) is 11.5 Å². The molecule has 1 amide bonds. The highest BCUT2D eigenvalue weighted by Gasteiger charge is 2.45. The number of aliphatic hydroxyl groups excluding tert-OH is 1. The summed E-state index contributed by atoms with van der Waals surface area (Å²) in [6.45, 7) is 6.43. The highest BCUT2D eigenvalue weighted by Crippen LogP contribution is 2.40. The van der Waals surface area contributed by atoms with Crippen LogP contribution in [-0.2, 0) is 16.1 Å². The molecule has 0 spiro atoms. The zero-order chi connectivity index (χ0) is 28.3. The van der Waals surface area contributed by atoms with Crippen molar-refractivity contribution in [3.8, 4) is 11.5 Å². The van der Waals surface area contributed by atoms with Gasteiger partial charge in [0.2, 0.25) is 0 Å². The number of unbranched alkanes of at least 4 members (excludes halogenated alkanes) is 3. The molecule has 0 aliphatic carbocycles. The summed E-state index contributed by atoms with van der Waals surface area (Å²) in [5.74, 6) is -0.182. The first-order chi connectivity index (χ1) is 19.5. The van der Waals surface area contributed by atoms with Crippen LogP contribution < -0.4 is 9.47 Å². The van der Waals surface area contributed by atoms with Gasteiger partial charge in [-0.15, -0.1) is 0 Å². The zero-order valence-electron chi connectivity index (χ0n) is 23.4. The van der Waals surface area contributed by atoms with Crippen LogP contribution in [-0.4, -0.2) is 51.0 Å². The Bertz CT molecular complexity index is 1280. The van der Waals surface area contributed by atoms with Gasteiger partial charge in [-0.25, -0.2) is 4.98 Å². The summed E-state index contributed by atoms with van der Waals surface area (Å²) in [7, 11) is 0. The van der Waals surface area contributed by atoms with Crippen LogP contribution in [0.2, 0.25) is 0 Å². The minimum Gasteiger partial charge on any atom is -0.507 e. The summed E-state index contributed by atoms with van der Waals surface area (Å²) in [5, 5.41) is 11.4. The molecule has 1 atom stereocenters. The maximum absolute atomic E-state index is 13.4. The average Bonchev–Trinajstić information content (AvgIpc) is 3.58. The summed E-state index contributed by atoms with van der Waals surface area (Å²) in [5.41, 5.74) is 1.25. The van der Waals surface area contributed by atoms with E-state index in [1.54, 1.807) is 35.6 Å². The minimum atomic E-state index is -0.721. The molecule has 0 radical (unpaired) electrons. The Hall–Kier alpha value is -4.07. The molecule has 1 N–H and O–H groups in total. The lowest BCUT2D eigenvalue weighted by Gasteiger charge is -2.25. The number of hydrogen-bond donors (Lipinski definition) is 1. The van der Waals surface area contributed by atoms with E-state index in [0.717, 1.165) is 43.4 Å². The first-order valence-corrected chi connectivity index (χ1v) is 14.2.